The molecule has 0 spiro atoms. The van der Waals surface area contributed by atoms with E-state index < -0.39 is 21.3 Å². The number of sulfonamides is 1. The standard InChI is InChI=1S/C28H38FNO4S/c1-26(32)14-15-28(29)20(16-26)8-9-22-24-11-10-23(27(24,2)13-12-25(22)28)19(18-31)17-30-35(33,34)21-6-4-3-5-7-21/h3-7,20,22-25,30,32H,8-17H2,1-2H3/t20-,22+,23-,24+,25+,26+,27-,28-/m1/s1. The lowest BCUT2D eigenvalue weighted by molar-refractivity contribution is -0.163. The van der Waals surface area contributed by atoms with Crippen molar-refractivity contribution in [2.75, 3.05) is 6.54 Å². The zero-order chi connectivity index (χ0) is 25.1. The Morgan fingerprint density at radius 3 is 2.51 bits per heavy atom. The molecule has 5 nitrogen and oxygen atoms in total. The van der Waals surface area contributed by atoms with Crippen LogP contribution in [0.25, 0.3) is 0 Å². The van der Waals surface area contributed by atoms with Crippen molar-refractivity contribution in [3.8, 4) is 0 Å². The van der Waals surface area contributed by atoms with E-state index in [0.29, 0.717) is 30.8 Å². The van der Waals surface area contributed by atoms with E-state index in [4.69, 9.17) is 0 Å². The molecule has 0 aromatic heterocycles. The summed E-state index contributed by atoms with van der Waals surface area (Å²) in [4.78, 5) is 12.2. The molecule has 5 rings (SSSR count). The largest absolute Gasteiger partial charge is 0.390 e. The van der Waals surface area contributed by atoms with Crippen LogP contribution in [-0.2, 0) is 14.8 Å². The van der Waals surface area contributed by atoms with Crippen LogP contribution in [0.1, 0.15) is 71.6 Å². The predicted molar refractivity (Wildman–Crippen MR) is 132 cm³/mol. The lowest BCUT2D eigenvalue weighted by Gasteiger charge is -2.59. The van der Waals surface area contributed by atoms with Gasteiger partial charge in [-0.15, -0.1) is 0 Å². The van der Waals surface area contributed by atoms with Gasteiger partial charge in [0.1, 0.15) is 11.6 Å². The molecule has 35 heavy (non-hydrogen) atoms. The normalized spacial score (nSPS) is 42.9. The molecule has 0 unspecified atom stereocenters. The summed E-state index contributed by atoms with van der Waals surface area (Å²) in [6, 6.07) is 8.18. The molecule has 0 aliphatic heterocycles. The van der Waals surface area contributed by atoms with Gasteiger partial charge in [-0.3, -0.25) is 0 Å². The van der Waals surface area contributed by atoms with Gasteiger partial charge in [-0.05, 0) is 112 Å². The molecule has 0 radical (unpaired) electrons. The molecule has 0 amide bonds. The third-order valence-electron chi connectivity index (χ3n) is 10.4. The number of benzene rings is 1. The van der Waals surface area contributed by atoms with Gasteiger partial charge in [-0.2, -0.15) is 0 Å². The van der Waals surface area contributed by atoms with Gasteiger partial charge in [0, 0.05) is 12.1 Å². The summed E-state index contributed by atoms with van der Waals surface area (Å²) in [7, 11) is -3.71. The van der Waals surface area contributed by atoms with Gasteiger partial charge < -0.3 is 5.11 Å². The number of rotatable bonds is 5. The van der Waals surface area contributed by atoms with E-state index in [1.165, 1.54) is 12.1 Å². The Morgan fingerprint density at radius 2 is 1.80 bits per heavy atom. The Morgan fingerprint density at radius 1 is 1.06 bits per heavy atom. The van der Waals surface area contributed by atoms with Crippen LogP contribution in [0.2, 0.25) is 0 Å². The number of carbonyl (C=O) groups excluding carboxylic acids is 1. The minimum Gasteiger partial charge on any atom is -0.390 e. The maximum Gasteiger partial charge on any atom is 0.240 e. The summed E-state index contributed by atoms with van der Waals surface area (Å²) in [6.07, 6.45) is 6.71. The number of alkyl halides is 1. The number of halogens is 1. The summed E-state index contributed by atoms with van der Waals surface area (Å²) in [5.74, 6) is 2.64. The number of hydrogen-bond acceptors (Lipinski definition) is 4. The fourth-order valence-corrected chi connectivity index (χ4v) is 9.66. The predicted octanol–water partition coefficient (Wildman–Crippen LogP) is 4.83. The first-order chi connectivity index (χ1) is 16.5. The molecule has 0 saturated heterocycles. The van der Waals surface area contributed by atoms with Gasteiger partial charge in [0.25, 0.3) is 0 Å². The van der Waals surface area contributed by atoms with Crippen LogP contribution in [0, 0.1) is 35.0 Å². The van der Waals surface area contributed by atoms with E-state index in [1.54, 1.807) is 18.2 Å². The van der Waals surface area contributed by atoms with Gasteiger partial charge in [0.15, 0.2) is 0 Å². The fraction of sp³-hybridized carbons (Fsp3) is 0.714. The van der Waals surface area contributed by atoms with E-state index in [-0.39, 0.29) is 40.5 Å². The van der Waals surface area contributed by atoms with Gasteiger partial charge >= 0.3 is 0 Å². The molecular weight excluding hydrogens is 465 g/mol. The highest BCUT2D eigenvalue weighted by atomic mass is 32.2. The van der Waals surface area contributed by atoms with E-state index in [1.807, 2.05) is 6.92 Å². The summed E-state index contributed by atoms with van der Waals surface area (Å²) < 4.78 is 44.6. The molecule has 192 valence electrons. The van der Waals surface area contributed by atoms with Crippen LogP contribution in [0.5, 0.6) is 0 Å². The van der Waals surface area contributed by atoms with Gasteiger partial charge in [-0.25, -0.2) is 22.3 Å². The van der Waals surface area contributed by atoms with Crippen LogP contribution < -0.4 is 4.72 Å². The summed E-state index contributed by atoms with van der Waals surface area (Å²) >= 11 is 0. The number of hydrogen-bond donors (Lipinski definition) is 2. The monoisotopic (exact) mass is 503 g/mol. The lowest BCUT2D eigenvalue weighted by Crippen LogP contribution is -2.58. The highest BCUT2D eigenvalue weighted by Gasteiger charge is 2.63. The van der Waals surface area contributed by atoms with Crippen molar-refractivity contribution in [2.24, 2.45) is 35.0 Å². The Kier molecular flexibility index (Phi) is 6.32. The maximum atomic E-state index is 16.6. The SMILES string of the molecule is C[C@]1(O)CC[C@@]2(F)[C@H](CC[C@H]3[C@@H]4CC[C@H](C(=C=O)CNS(=O)(=O)c5ccccc5)[C@@]4(C)CC[C@@H]32)C1. The molecule has 1 aromatic rings. The molecule has 0 heterocycles. The van der Waals surface area contributed by atoms with E-state index >= 15 is 4.39 Å². The van der Waals surface area contributed by atoms with Gasteiger partial charge in [0.05, 0.1) is 10.5 Å². The molecule has 0 bridgehead atoms. The Labute approximate surface area is 208 Å². The van der Waals surface area contributed by atoms with E-state index in [2.05, 4.69) is 17.6 Å². The smallest absolute Gasteiger partial charge is 0.240 e. The highest BCUT2D eigenvalue weighted by molar-refractivity contribution is 7.89. The van der Waals surface area contributed by atoms with Crippen molar-refractivity contribution in [3.05, 3.63) is 35.9 Å². The molecule has 4 aliphatic carbocycles. The second-order valence-electron chi connectivity index (χ2n) is 12.2. The first kappa shape index (κ1) is 25.1. The average Bonchev–Trinajstić information content (AvgIpc) is 3.18. The van der Waals surface area contributed by atoms with Crippen molar-refractivity contribution >= 4 is 16.0 Å². The fourth-order valence-electron chi connectivity index (χ4n) is 8.64. The molecular formula is C28H38FNO4S. The highest BCUT2D eigenvalue weighted by Crippen LogP contribution is 2.67. The third kappa shape index (κ3) is 4.22. The summed E-state index contributed by atoms with van der Waals surface area (Å²) in [5, 5.41) is 10.6. The molecule has 4 saturated carbocycles. The number of fused-ring (bicyclic) bond motifs is 5. The first-order valence-corrected chi connectivity index (χ1v) is 14.7. The van der Waals surface area contributed by atoms with E-state index in [9.17, 15) is 18.3 Å². The zero-order valence-corrected chi connectivity index (χ0v) is 21.6. The number of nitrogens with one attached hydrogen (secondary N) is 1. The van der Waals surface area contributed by atoms with Crippen molar-refractivity contribution in [2.45, 2.75) is 87.8 Å². The molecule has 4 aliphatic rings. The van der Waals surface area contributed by atoms with Crippen LogP contribution in [0.4, 0.5) is 4.39 Å². The number of aliphatic hydroxyl groups is 1. The molecule has 8 atom stereocenters. The first-order valence-electron chi connectivity index (χ1n) is 13.2. The quantitative estimate of drug-likeness (QED) is 0.564. The van der Waals surface area contributed by atoms with Gasteiger partial charge in [0.2, 0.25) is 10.0 Å². The van der Waals surface area contributed by atoms with E-state index in [0.717, 1.165) is 38.5 Å². The summed E-state index contributed by atoms with van der Waals surface area (Å²) in [6.45, 7) is 4.04. The second kappa shape index (κ2) is 8.79. The van der Waals surface area contributed by atoms with Crippen molar-refractivity contribution in [3.63, 3.8) is 0 Å². The maximum absolute atomic E-state index is 16.6. The van der Waals surface area contributed by atoms with Crippen molar-refractivity contribution < 1.29 is 22.7 Å². The van der Waals surface area contributed by atoms with Crippen LogP contribution in [0.3, 0.4) is 0 Å². The average molecular weight is 504 g/mol. The lowest BCUT2D eigenvalue weighted by atomic mass is 9.47. The van der Waals surface area contributed by atoms with Crippen molar-refractivity contribution in [1.29, 1.82) is 0 Å². The Hall–Kier alpha value is -1.53. The van der Waals surface area contributed by atoms with Crippen LogP contribution in [0.15, 0.2) is 40.8 Å². The van der Waals surface area contributed by atoms with Crippen LogP contribution in [-0.4, -0.2) is 37.3 Å². The molecule has 4 fully saturated rings. The minimum atomic E-state index is -3.71. The van der Waals surface area contributed by atoms with Gasteiger partial charge in [-0.1, -0.05) is 25.1 Å². The molecule has 7 heteroatoms. The Bertz CT molecular complexity index is 1120. The summed E-state index contributed by atoms with van der Waals surface area (Å²) in [5.41, 5.74) is -1.61. The van der Waals surface area contributed by atoms with Crippen LogP contribution >= 0.6 is 0 Å². The second-order valence-corrected chi connectivity index (χ2v) is 14.0. The topological polar surface area (TPSA) is 83.5 Å². The molecule has 2 N–H and O–H groups in total. The molecule has 1 aromatic carbocycles. The zero-order valence-electron chi connectivity index (χ0n) is 20.8. The van der Waals surface area contributed by atoms with Crippen molar-refractivity contribution in [1.82, 2.24) is 4.72 Å². The Balaban J connectivity index is 1.32. The third-order valence-corrected chi connectivity index (χ3v) is 11.8. The minimum absolute atomic E-state index is 0.0226.